The molecule has 1 aliphatic heterocycles. The first-order valence-corrected chi connectivity index (χ1v) is 7.54. The molecule has 0 bridgehead atoms. The van der Waals surface area contributed by atoms with Crippen molar-refractivity contribution < 1.29 is 9.90 Å². The summed E-state index contributed by atoms with van der Waals surface area (Å²) in [6.07, 6.45) is 3.52. The summed E-state index contributed by atoms with van der Waals surface area (Å²) >= 11 is 11.7. The maximum absolute atomic E-state index is 12.3. The van der Waals surface area contributed by atoms with Crippen LogP contribution >= 0.6 is 23.2 Å². The second kappa shape index (κ2) is 5.43. The van der Waals surface area contributed by atoms with Gasteiger partial charge in [0.1, 0.15) is 0 Å². The summed E-state index contributed by atoms with van der Waals surface area (Å²) in [7, 11) is 0. The van der Waals surface area contributed by atoms with Crippen molar-refractivity contribution in [3.8, 4) is 5.75 Å². The van der Waals surface area contributed by atoms with Crippen molar-refractivity contribution in [2.75, 3.05) is 11.9 Å². The minimum absolute atomic E-state index is 0.0581. The Morgan fingerprint density at radius 1 is 1.30 bits per heavy atom. The number of benzene rings is 1. The molecule has 1 saturated heterocycles. The largest absolute Gasteiger partial charge is 0.505 e. The van der Waals surface area contributed by atoms with Gasteiger partial charge in [-0.2, -0.15) is 0 Å². The summed E-state index contributed by atoms with van der Waals surface area (Å²) in [5, 5.41) is 15.9. The Labute approximate surface area is 127 Å². The van der Waals surface area contributed by atoms with Crippen LogP contribution in [0.4, 0.5) is 5.69 Å². The first kappa shape index (κ1) is 14.0. The molecule has 3 atom stereocenters. The molecule has 20 heavy (non-hydrogen) atoms. The van der Waals surface area contributed by atoms with Crippen LogP contribution in [-0.4, -0.2) is 23.6 Å². The van der Waals surface area contributed by atoms with E-state index in [4.69, 9.17) is 23.2 Å². The molecule has 1 aliphatic carbocycles. The maximum atomic E-state index is 12.3. The van der Waals surface area contributed by atoms with Crippen LogP contribution in [0.3, 0.4) is 0 Å². The lowest BCUT2D eigenvalue weighted by molar-refractivity contribution is -0.118. The highest BCUT2D eigenvalue weighted by Crippen LogP contribution is 2.38. The summed E-state index contributed by atoms with van der Waals surface area (Å²) in [5.41, 5.74) is 0.506. The van der Waals surface area contributed by atoms with E-state index in [1.807, 2.05) is 0 Å². The Bertz CT molecular complexity index is 527. The van der Waals surface area contributed by atoms with Crippen molar-refractivity contribution >= 4 is 34.8 Å². The zero-order valence-electron chi connectivity index (χ0n) is 10.8. The molecule has 1 saturated carbocycles. The van der Waals surface area contributed by atoms with Gasteiger partial charge >= 0.3 is 0 Å². The number of amides is 1. The summed E-state index contributed by atoms with van der Waals surface area (Å²) in [6, 6.07) is 2.86. The standard InChI is InChI=1S/C14H16Cl2N2O2/c15-10-4-8(5-11(16)13(10)19)18-14(20)12-9-3-1-2-7(9)6-17-12/h4-5,7,9,12,17,19H,1-3,6H2,(H,18,20). The number of aromatic hydroxyl groups is 1. The van der Waals surface area contributed by atoms with Gasteiger partial charge in [-0.1, -0.05) is 29.6 Å². The SMILES string of the molecule is O=C(Nc1cc(Cl)c(O)c(Cl)c1)C1NCC2CCCC21. The van der Waals surface area contributed by atoms with E-state index >= 15 is 0 Å². The molecule has 0 radical (unpaired) electrons. The summed E-state index contributed by atoms with van der Waals surface area (Å²) in [4.78, 5) is 12.3. The Balaban J connectivity index is 1.73. The molecule has 1 aromatic carbocycles. The van der Waals surface area contributed by atoms with E-state index in [2.05, 4.69) is 10.6 Å². The fraction of sp³-hybridized carbons (Fsp3) is 0.500. The average molecular weight is 315 g/mol. The molecule has 2 aliphatic rings. The van der Waals surface area contributed by atoms with Crippen LogP contribution in [0.2, 0.25) is 10.0 Å². The van der Waals surface area contributed by atoms with Crippen LogP contribution in [0.15, 0.2) is 12.1 Å². The van der Waals surface area contributed by atoms with Gasteiger partial charge in [-0.3, -0.25) is 4.79 Å². The van der Waals surface area contributed by atoms with Gasteiger partial charge in [0.2, 0.25) is 5.91 Å². The highest BCUT2D eigenvalue weighted by Gasteiger charge is 2.42. The average Bonchev–Trinajstić information content (AvgIpc) is 2.97. The van der Waals surface area contributed by atoms with E-state index in [1.54, 1.807) is 0 Å². The van der Waals surface area contributed by atoms with Crippen molar-refractivity contribution in [1.82, 2.24) is 5.32 Å². The Hall–Kier alpha value is -0.970. The summed E-state index contributed by atoms with van der Waals surface area (Å²) in [6.45, 7) is 0.917. The van der Waals surface area contributed by atoms with E-state index in [1.165, 1.54) is 25.0 Å². The van der Waals surface area contributed by atoms with Crippen molar-refractivity contribution in [3.63, 3.8) is 0 Å². The van der Waals surface area contributed by atoms with Gasteiger partial charge in [-0.25, -0.2) is 0 Å². The molecule has 1 aromatic rings. The minimum Gasteiger partial charge on any atom is -0.505 e. The van der Waals surface area contributed by atoms with Gasteiger partial charge in [-0.05, 0) is 43.4 Å². The van der Waals surface area contributed by atoms with Gasteiger partial charge in [0.05, 0.1) is 16.1 Å². The predicted molar refractivity (Wildman–Crippen MR) is 79.4 cm³/mol. The number of anilines is 1. The number of carbonyl (C=O) groups is 1. The van der Waals surface area contributed by atoms with E-state index in [0.29, 0.717) is 17.5 Å². The van der Waals surface area contributed by atoms with E-state index in [9.17, 15) is 9.90 Å². The number of phenolic OH excluding ortho intramolecular Hbond substituents is 1. The molecule has 1 amide bonds. The van der Waals surface area contributed by atoms with Crippen molar-refractivity contribution in [2.45, 2.75) is 25.3 Å². The lowest BCUT2D eigenvalue weighted by Crippen LogP contribution is -2.39. The second-order valence-corrected chi connectivity index (χ2v) is 6.33. The third kappa shape index (κ3) is 2.48. The third-order valence-corrected chi connectivity index (χ3v) is 4.89. The molecule has 4 nitrogen and oxygen atoms in total. The van der Waals surface area contributed by atoms with Gasteiger partial charge in [0.15, 0.2) is 5.75 Å². The number of phenols is 1. The van der Waals surface area contributed by atoms with Gasteiger partial charge < -0.3 is 15.7 Å². The van der Waals surface area contributed by atoms with E-state index < -0.39 is 0 Å². The molecule has 6 heteroatoms. The fourth-order valence-electron chi connectivity index (χ4n) is 3.33. The molecule has 3 unspecified atom stereocenters. The molecular formula is C14H16Cl2N2O2. The monoisotopic (exact) mass is 314 g/mol. The predicted octanol–water partition coefficient (Wildman–Crippen LogP) is 3.03. The van der Waals surface area contributed by atoms with E-state index in [-0.39, 0.29) is 27.7 Å². The van der Waals surface area contributed by atoms with Crippen molar-refractivity contribution in [3.05, 3.63) is 22.2 Å². The quantitative estimate of drug-likeness (QED) is 0.735. The molecular weight excluding hydrogens is 299 g/mol. The van der Waals surface area contributed by atoms with Crippen molar-refractivity contribution in [2.24, 2.45) is 11.8 Å². The van der Waals surface area contributed by atoms with Crippen LogP contribution in [0.25, 0.3) is 0 Å². The lowest BCUT2D eigenvalue weighted by Gasteiger charge is -2.18. The van der Waals surface area contributed by atoms with Crippen LogP contribution in [0.1, 0.15) is 19.3 Å². The second-order valence-electron chi connectivity index (χ2n) is 5.52. The van der Waals surface area contributed by atoms with Crippen LogP contribution in [0, 0.1) is 11.8 Å². The Morgan fingerprint density at radius 3 is 2.70 bits per heavy atom. The van der Waals surface area contributed by atoms with Crippen LogP contribution in [0.5, 0.6) is 5.75 Å². The van der Waals surface area contributed by atoms with Crippen LogP contribution in [-0.2, 0) is 4.79 Å². The van der Waals surface area contributed by atoms with Gasteiger partial charge in [-0.15, -0.1) is 0 Å². The number of rotatable bonds is 2. The normalized spacial score (nSPS) is 28.4. The summed E-state index contributed by atoms with van der Waals surface area (Å²) in [5.74, 6) is 0.828. The Morgan fingerprint density at radius 2 is 2.00 bits per heavy atom. The van der Waals surface area contributed by atoms with Crippen molar-refractivity contribution in [1.29, 1.82) is 0 Å². The topological polar surface area (TPSA) is 61.4 Å². The fourth-order valence-corrected chi connectivity index (χ4v) is 3.82. The first-order chi connectivity index (χ1) is 9.56. The highest BCUT2D eigenvalue weighted by atomic mass is 35.5. The number of carbonyl (C=O) groups excluding carboxylic acids is 1. The van der Waals surface area contributed by atoms with Gasteiger partial charge in [0, 0.05) is 5.69 Å². The smallest absolute Gasteiger partial charge is 0.241 e. The van der Waals surface area contributed by atoms with Gasteiger partial charge in [0.25, 0.3) is 0 Å². The molecule has 0 spiro atoms. The Kier molecular flexibility index (Phi) is 3.80. The number of nitrogens with one attached hydrogen (secondary N) is 2. The zero-order chi connectivity index (χ0) is 14.3. The zero-order valence-corrected chi connectivity index (χ0v) is 12.3. The van der Waals surface area contributed by atoms with E-state index in [0.717, 1.165) is 13.0 Å². The molecule has 3 N–H and O–H groups in total. The number of hydrogen-bond acceptors (Lipinski definition) is 3. The van der Waals surface area contributed by atoms with Crippen LogP contribution < -0.4 is 10.6 Å². The molecule has 0 aromatic heterocycles. The molecule has 108 valence electrons. The summed E-state index contributed by atoms with van der Waals surface area (Å²) < 4.78 is 0. The minimum atomic E-state index is -0.166. The number of halogens is 2. The third-order valence-electron chi connectivity index (χ3n) is 4.31. The lowest BCUT2D eigenvalue weighted by atomic mass is 9.93. The number of fused-ring (bicyclic) bond motifs is 1. The molecule has 2 fully saturated rings. The first-order valence-electron chi connectivity index (χ1n) is 6.78. The highest BCUT2D eigenvalue weighted by molar-refractivity contribution is 6.37. The molecule has 1 heterocycles. The maximum Gasteiger partial charge on any atom is 0.241 e. The molecule has 3 rings (SSSR count). The number of hydrogen-bond donors (Lipinski definition) is 3.